The quantitative estimate of drug-likeness (QED) is 0.748. The van der Waals surface area contributed by atoms with E-state index in [0.717, 1.165) is 22.7 Å². The monoisotopic (exact) mass is 370 g/mol. The maximum atomic E-state index is 12.1. The molecule has 0 bridgehead atoms. The minimum Gasteiger partial charge on any atom is -0.394 e. The van der Waals surface area contributed by atoms with Crippen molar-refractivity contribution in [1.82, 2.24) is 10.3 Å². The number of aromatic nitrogens is 1. The number of nitrogens with one attached hydrogen (secondary N) is 1. The molecular weight excluding hydrogens is 352 g/mol. The van der Waals surface area contributed by atoms with E-state index in [2.05, 4.69) is 10.3 Å². The van der Waals surface area contributed by atoms with Crippen molar-refractivity contribution in [2.24, 2.45) is 0 Å². The van der Waals surface area contributed by atoms with Crippen molar-refractivity contribution < 1.29 is 9.90 Å². The van der Waals surface area contributed by atoms with Crippen molar-refractivity contribution in [3.8, 4) is 10.6 Å². The van der Waals surface area contributed by atoms with Gasteiger partial charge in [-0.15, -0.1) is 11.3 Å². The lowest BCUT2D eigenvalue weighted by Crippen LogP contribution is -2.38. The van der Waals surface area contributed by atoms with Crippen LogP contribution < -0.4 is 5.32 Å². The number of aliphatic hydroxyl groups excluding tert-OH is 1. The fourth-order valence-corrected chi connectivity index (χ4v) is 3.72. The van der Waals surface area contributed by atoms with Crippen molar-refractivity contribution >= 4 is 40.6 Å². The Morgan fingerprint density at radius 2 is 2.26 bits per heavy atom. The van der Waals surface area contributed by atoms with Crippen LogP contribution in [0, 0.1) is 0 Å². The molecule has 1 amide bonds. The number of amides is 1. The van der Waals surface area contributed by atoms with Crippen LogP contribution in [0.1, 0.15) is 12.1 Å². The van der Waals surface area contributed by atoms with Crippen molar-refractivity contribution in [2.75, 3.05) is 18.6 Å². The molecule has 0 aliphatic carbocycles. The van der Waals surface area contributed by atoms with E-state index < -0.39 is 0 Å². The van der Waals surface area contributed by atoms with E-state index in [1.165, 1.54) is 11.3 Å². The van der Waals surface area contributed by atoms with Crippen molar-refractivity contribution in [2.45, 2.75) is 18.9 Å². The summed E-state index contributed by atoms with van der Waals surface area (Å²) in [5, 5.41) is 15.5. The van der Waals surface area contributed by atoms with E-state index in [-0.39, 0.29) is 25.0 Å². The van der Waals surface area contributed by atoms with Crippen LogP contribution in [0.25, 0.3) is 10.6 Å². The van der Waals surface area contributed by atoms with Crippen LogP contribution in [-0.4, -0.2) is 40.7 Å². The molecule has 0 saturated heterocycles. The Hall–Kier alpha value is -1.08. The molecule has 2 aromatic rings. The van der Waals surface area contributed by atoms with E-state index >= 15 is 0 Å². The van der Waals surface area contributed by atoms with Crippen molar-refractivity contribution in [3.63, 3.8) is 0 Å². The zero-order valence-electron chi connectivity index (χ0n) is 12.8. The van der Waals surface area contributed by atoms with Gasteiger partial charge in [0.1, 0.15) is 5.01 Å². The van der Waals surface area contributed by atoms with Crippen LogP contribution in [0.2, 0.25) is 5.02 Å². The summed E-state index contributed by atoms with van der Waals surface area (Å²) >= 11 is 9.33. The molecule has 0 aliphatic heterocycles. The molecular formula is C16H19ClN2O2S2. The molecule has 0 unspecified atom stereocenters. The number of carbonyl (C=O) groups is 1. The smallest absolute Gasteiger partial charge is 0.226 e. The predicted octanol–water partition coefficient (Wildman–Crippen LogP) is 3.24. The summed E-state index contributed by atoms with van der Waals surface area (Å²) in [5.41, 5.74) is 1.59. The lowest BCUT2D eigenvalue weighted by Gasteiger charge is -2.15. The number of benzene rings is 1. The summed E-state index contributed by atoms with van der Waals surface area (Å²) in [7, 11) is 0. The Morgan fingerprint density at radius 3 is 2.96 bits per heavy atom. The fraction of sp³-hybridized carbons (Fsp3) is 0.375. The van der Waals surface area contributed by atoms with Gasteiger partial charge in [-0.3, -0.25) is 4.79 Å². The van der Waals surface area contributed by atoms with E-state index in [1.54, 1.807) is 11.8 Å². The van der Waals surface area contributed by atoms with Crippen LogP contribution in [0.3, 0.4) is 0 Å². The van der Waals surface area contributed by atoms with E-state index in [1.807, 2.05) is 35.9 Å². The van der Waals surface area contributed by atoms with Gasteiger partial charge in [0.05, 0.1) is 29.8 Å². The predicted molar refractivity (Wildman–Crippen MR) is 98.3 cm³/mol. The Labute approximate surface area is 149 Å². The minimum absolute atomic E-state index is 0.0474. The van der Waals surface area contributed by atoms with Gasteiger partial charge in [0, 0.05) is 10.9 Å². The lowest BCUT2D eigenvalue weighted by atomic mass is 10.2. The third kappa shape index (κ3) is 5.49. The molecule has 124 valence electrons. The third-order valence-corrected chi connectivity index (χ3v) is 5.15. The Balaban J connectivity index is 1.96. The number of hydrogen-bond donors (Lipinski definition) is 2. The highest BCUT2D eigenvalue weighted by atomic mass is 35.5. The molecule has 7 heteroatoms. The Morgan fingerprint density at radius 1 is 1.48 bits per heavy atom. The van der Waals surface area contributed by atoms with Gasteiger partial charge in [0.25, 0.3) is 0 Å². The van der Waals surface area contributed by atoms with Gasteiger partial charge >= 0.3 is 0 Å². The van der Waals surface area contributed by atoms with E-state index in [9.17, 15) is 9.90 Å². The molecule has 4 nitrogen and oxygen atoms in total. The second-order valence-corrected chi connectivity index (χ2v) is 7.28. The highest BCUT2D eigenvalue weighted by Crippen LogP contribution is 2.30. The summed E-state index contributed by atoms with van der Waals surface area (Å²) in [4.78, 5) is 16.6. The summed E-state index contributed by atoms with van der Waals surface area (Å²) in [5.74, 6) is 0.778. The highest BCUT2D eigenvalue weighted by Gasteiger charge is 2.14. The summed E-state index contributed by atoms with van der Waals surface area (Å²) in [6.07, 6.45) is 2.96. The van der Waals surface area contributed by atoms with Crippen molar-refractivity contribution in [1.29, 1.82) is 0 Å². The number of aliphatic hydroxyl groups is 1. The topological polar surface area (TPSA) is 62.2 Å². The Bertz CT molecular complexity index is 649. The molecule has 1 heterocycles. The van der Waals surface area contributed by atoms with Gasteiger partial charge in [0.15, 0.2) is 0 Å². The minimum atomic E-state index is -0.198. The normalized spacial score (nSPS) is 12.1. The number of nitrogens with zero attached hydrogens (tertiary/aromatic N) is 1. The van der Waals surface area contributed by atoms with E-state index in [0.29, 0.717) is 10.7 Å². The van der Waals surface area contributed by atoms with Gasteiger partial charge in [0.2, 0.25) is 5.91 Å². The first-order chi connectivity index (χ1) is 11.1. The zero-order valence-corrected chi connectivity index (χ0v) is 15.2. The summed E-state index contributed by atoms with van der Waals surface area (Å²) < 4.78 is 0. The van der Waals surface area contributed by atoms with E-state index in [4.69, 9.17) is 11.6 Å². The van der Waals surface area contributed by atoms with Gasteiger partial charge in [-0.1, -0.05) is 29.8 Å². The van der Waals surface area contributed by atoms with Crippen molar-refractivity contribution in [3.05, 3.63) is 40.4 Å². The molecule has 1 atom stereocenters. The van der Waals surface area contributed by atoms with Gasteiger partial charge in [-0.2, -0.15) is 11.8 Å². The lowest BCUT2D eigenvalue weighted by molar-refractivity contribution is -0.121. The first kappa shape index (κ1) is 18.3. The first-order valence-corrected chi connectivity index (χ1v) is 9.87. The standard InChI is InChI=1S/C16H19ClN2O2S2/c1-22-7-6-11(9-20)18-15(21)8-12-10-23-16(19-12)13-4-2-3-5-14(13)17/h2-5,10-11,20H,6-9H2,1H3,(H,18,21)/t11-/m1/s1. The SMILES string of the molecule is CSCC[C@H](CO)NC(=O)Cc1csc(-c2ccccc2Cl)n1. The van der Waals surface area contributed by atoms with Crippen LogP contribution in [0.15, 0.2) is 29.6 Å². The third-order valence-electron chi connectivity index (χ3n) is 3.25. The molecule has 2 N–H and O–H groups in total. The van der Waals surface area contributed by atoms with Gasteiger partial charge < -0.3 is 10.4 Å². The molecule has 0 fully saturated rings. The first-order valence-electron chi connectivity index (χ1n) is 7.22. The molecule has 23 heavy (non-hydrogen) atoms. The average molecular weight is 371 g/mol. The molecule has 1 aromatic heterocycles. The number of carbonyl (C=O) groups excluding carboxylic acids is 1. The number of halogens is 1. The second-order valence-electron chi connectivity index (χ2n) is 5.03. The highest BCUT2D eigenvalue weighted by molar-refractivity contribution is 7.98. The molecule has 1 aromatic carbocycles. The number of rotatable bonds is 8. The zero-order chi connectivity index (χ0) is 16.7. The average Bonchev–Trinajstić information content (AvgIpc) is 3.00. The van der Waals surface area contributed by atoms with Crippen LogP contribution in [-0.2, 0) is 11.2 Å². The van der Waals surface area contributed by atoms with Gasteiger partial charge in [-0.05, 0) is 24.5 Å². The number of hydrogen-bond acceptors (Lipinski definition) is 5. The molecule has 0 radical (unpaired) electrons. The molecule has 2 rings (SSSR count). The fourth-order valence-electron chi connectivity index (χ4n) is 2.06. The maximum absolute atomic E-state index is 12.1. The number of thioether (sulfide) groups is 1. The van der Waals surface area contributed by atoms with Gasteiger partial charge in [-0.25, -0.2) is 4.98 Å². The Kier molecular flexibility index (Phi) is 7.36. The maximum Gasteiger partial charge on any atom is 0.226 e. The van der Waals surface area contributed by atoms with Crippen LogP contribution >= 0.6 is 34.7 Å². The summed E-state index contributed by atoms with van der Waals surface area (Å²) in [6.45, 7) is -0.0474. The van der Waals surface area contributed by atoms with Crippen LogP contribution in [0.4, 0.5) is 0 Å². The van der Waals surface area contributed by atoms with Crippen LogP contribution in [0.5, 0.6) is 0 Å². The largest absolute Gasteiger partial charge is 0.394 e. The number of thiazole rings is 1. The molecule has 0 spiro atoms. The molecule has 0 saturated carbocycles. The summed E-state index contributed by atoms with van der Waals surface area (Å²) in [6, 6.07) is 7.32. The second kappa shape index (κ2) is 9.27. The molecule has 0 aliphatic rings.